The number of aromatic nitrogens is 4. The number of para-hydroxylation sites is 2. The van der Waals surface area contributed by atoms with E-state index in [2.05, 4.69) is 32.2 Å². The zero-order chi connectivity index (χ0) is 17.6. The lowest BCUT2D eigenvalue weighted by Gasteiger charge is -2.12. The van der Waals surface area contributed by atoms with Crippen LogP contribution in [0.3, 0.4) is 0 Å². The number of ether oxygens (including phenoxy) is 1. The minimum atomic E-state index is -0.342. The van der Waals surface area contributed by atoms with Crippen molar-refractivity contribution in [3.8, 4) is 34.7 Å². The molecule has 0 saturated carbocycles. The third-order valence-corrected chi connectivity index (χ3v) is 3.08. The molecule has 25 heavy (non-hydrogen) atoms. The number of rotatable bonds is 5. The van der Waals surface area contributed by atoms with Gasteiger partial charge in [0.15, 0.2) is 11.5 Å². The van der Waals surface area contributed by atoms with Crippen LogP contribution >= 0.6 is 0 Å². The molecule has 0 atom stereocenters. The van der Waals surface area contributed by atoms with Gasteiger partial charge >= 0.3 is 0 Å². The van der Waals surface area contributed by atoms with Crippen LogP contribution in [0.5, 0.6) is 17.2 Å². The Kier molecular flexibility index (Phi) is 4.53. The number of nitrogens with zero attached hydrogens (tertiary/aromatic N) is 4. The maximum atomic E-state index is 11.0. The number of hydrogen-bond acceptors (Lipinski definition) is 7. The number of aromatic amines is 1. The summed E-state index contributed by atoms with van der Waals surface area (Å²) in [7, 11) is 0. The first-order chi connectivity index (χ1) is 12.2. The number of tetrazole rings is 1. The molecular formula is C16H12N6O3. The lowest BCUT2D eigenvalue weighted by atomic mass is 10.1. The van der Waals surface area contributed by atoms with E-state index in [1.807, 2.05) is 0 Å². The van der Waals surface area contributed by atoms with Gasteiger partial charge in [-0.15, -0.1) is 10.2 Å². The highest BCUT2D eigenvalue weighted by Crippen LogP contribution is 2.32. The van der Waals surface area contributed by atoms with Gasteiger partial charge in [-0.1, -0.05) is 12.1 Å². The van der Waals surface area contributed by atoms with Crippen molar-refractivity contribution in [2.45, 2.75) is 6.92 Å². The van der Waals surface area contributed by atoms with Crippen LogP contribution in [0.15, 0.2) is 42.5 Å². The minimum absolute atomic E-state index is 0.317. The summed E-state index contributed by atoms with van der Waals surface area (Å²) >= 11 is 0. The molecule has 124 valence electrons. The number of hydrogen-bond donors (Lipinski definition) is 2. The Hall–Kier alpha value is -3.93. The highest BCUT2D eigenvalue weighted by atomic mass is 16.7. The fraction of sp³-hybridized carbons (Fsp3) is 0.0625. The van der Waals surface area contributed by atoms with Crippen LogP contribution in [0.1, 0.15) is 12.5 Å². The molecule has 0 bridgehead atoms. The standard InChI is InChI=1S/C16H12N6O3/c1-10(23)20-25-15-5-3-2-4-14(15)24-12-6-7-13(11(8-12)9-17)16-18-21-22-19-16/h2-8H,1H3,(H,20,23)(H,18,19,21,22). The van der Waals surface area contributed by atoms with Gasteiger partial charge < -0.3 is 9.57 Å². The number of nitriles is 1. The van der Waals surface area contributed by atoms with Crippen molar-refractivity contribution in [2.24, 2.45) is 0 Å². The molecule has 2 N–H and O–H groups in total. The van der Waals surface area contributed by atoms with E-state index < -0.39 is 0 Å². The van der Waals surface area contributed by atoms with E-state index in [9.17, 15) is 10.1 Å². The molecular weight excluding hydrogens is 324 g/mol. The van der Waals surface area contributed by atoms with Gasteiger partial charge in [0.05, 0.1) is 5.56 Å². The molecule has 2 aromatic carbocycles. The number of carbonyl (C=O) groups excluding carboxylic acids is 1. The molecule has 0 aliphatic heterocycles. The predicted molar refractivity (Wildman–Crippen MR) is 85.3 cm³/mol. The maximum Gasteiger partial charge on any atom is 0.249 e. The second-order valence-electron chi connectivity index (χ2n) is 4.86. The van der Waals surface area contributed by atoms with Gasteiger partial charge in [-0.05, 0) is 35.5 Å². The van der Waals surface area contributed by atoms with Gasteiger partial charge in [0.2, 0.25) is 11.7 Å². The number of carbonyl (C=O) groups is 1. The van der Waals surface area contributed by atoms with Crippen LogP contribution in [0.25, 0.3) is 11.4 Å². The van der Waals surface area contributed by atoms with Crippen LogP contribution in [-0.2, 0) is 4.79 Å². The quantitative estimate of drug-likeness (QED) is 0.682. The van der Waals surface area contributed by atoms with Crippen molar-refractivity contribution in [3.63, 3.8) is 0 Å². The highest BCUT2D eigenvalue weighted by Gasteiger charge is 2.12. The largest absolute Gasteiger partial charge is 0.453 e. The Morgan fingerprint density at radius 2 is 2.04 bits per heavy atom. The van der Waals surface area contributed by atoms with Crippen LogP contribution < -0.4 is 15.1 Å². The number of amides is 1. The lowest BCUT2D eigenvalue weighted by molar-refractivity contribution is -0.125. The fourth-order valence-electron chi connectivity index (χ4n) is 2.02. The molecule has 0 aliphatic rings. The van der Waals surface area contributed by atoms with Gasteiger partial charge in [-0.2, -0.15) is 16.0 Å². The highest BCUT2D eigenvalue weighted by molar-refractivity contribution is 5.72. The second-order valence-corrected chi connectivity index (χ2v) is 4.86. The second kappa shape index (κ2) is 7.10. The summed E-state index contributed by atoms with van der Waals surface area (Å²) in [6.45, 7) is 1.33. The first-order valence-electron chi connectivity index (χ1n) is 7.15. The molecule has 1 amide bonds. The lowest BCUT2D eigenvalue weighted by Crippen LogP contribution is -2.23. The number of hydroxylamine groups is 1. The van der Waals surface area contributed by atoms with Crippen LogP contribution in [0, 0.1) is 11.3 Å². The molecule has 0 fully saturated rings. The monoisotopic (exact) mass is 336 g/mol. The number of nitrogens with one attached hydrogen (secondary N) is 2. The van der Waals surface area contributed by atoms with E-state index in [1.54, 1.807) is 42.5 Å². The molecule has 3 aromatic rings. The maximum absolute atomic E-state index is 11.0. The van der Waals surface area contributed by atoms with Gasteiger partial charge in [0.25, 0.3) is 0 Å². The first-order valence-corrected chi connectivity index (χ1v) is 7.15. The summed E-state index contributed by atoms with van der Waals surface area (Å²) < 4.78 is 5.76. The summed E-state index contributed by atoms with van der Waals surface area (Å²) in [4.78, 5) is 16.2. The molecule has 9 nitrogen and oxygen atoms in total. The molecule has 0 spiro atoms. The van der Waals surface area contributed by atoms with Gasteiger partial charge in [-0.25, -0.2) is 0 Å². The topological polar surface area (TPSA) is 126 Å². The molecule has 3 rings (SSSR count). The summed E-state index contributed by atoms with van der Waals surface area (Å²) in [5, 5.41) is 22.9. The van der Waals surface area contributed by atoms with Crippen molar-refractivity contribution >= 4 is 5.91 Å². The minimum Gasteiger partial charge on any atom is -0.453 e. The Labute approximate surface area is 142 Å². The smallest absolute Gasteiger partial charge is 0.249 e. The average Bonchev–Trinajstić information content (AvgIpc) is 3.15. The van der Waals surface area contributed by atoms with E-state index in [-0.39, 0.29) is 5.91 Å². The third-order valence-electron chi connectivity index (χ3n) is 3.08. The summed E-state index contributed by atoms with van der Waals surface area (Å²) in [6.07, 6.45) is 0. The van der Waals surface area contributed by atoms with Crippen molar-refractivity contribution in [3.05, 3.63) is 48.0 Å². The molecule has 9 heteroatoms. The van der Waals surface area contributed by atoms with Crippen LogP contribution in [0.2, 0.25) is 0 Å². The van der Waals surface area contributed by atoms with Gasteiger partial charge in [0, 0.05) is 12.5 Å². The number of benzene rings is 2. The molecule has 0 aliphatic carbocycles. The van der Waals surface area contributed by atoms with E-state index in [4.69, 9.17) is 9.57 Å². The molecule has 1 aromatic heterocycles. The molecule has 0 unspecified atom stereocenters. The normalized spacial score (nSPS) is 9.92. The van der Waals surface area contributed by atoms with Crippen molar-refractivity contribution in [2.75, 3.05) is 0 Å². The van der Waals surface area contributed by atoms with E-state index in [0.29, 0.717) is 34.2 Å². The van der Waals surface area contributed by atoms with Crippen molar-refractivity contribution in [1.82, 2.24) is 26.1 Å². The Bertz CT molecular complexity index is 933. The Balaban J connectivity index is 1.87. The summed E-state index contributed by atoms with van der Waals surface area (Å²) in [6, 6.07) is 13.8. The Morgan fingerprint density at radius 3 is 2.72 bits per heavy atom. The van der Waals surface area contributed by atoms with Gasteiger partial charge in [-0.3, -0.25) is 4.79 Å². The molecule has 1 heterocycles. The average molecular weight is 336 g/mol. The third kappa shape index (κ3) is 3.70. The zero-order valence-corrected chi connectivity index (χ0v) is 13.1. The van der Waals surface area contributed by atoms with Crippen LogP contribution in [0.4, 0.5) is 0 Å². The van der Waals surface area contributed by atoms with Crippen molar-refractivity contribution in [1.29, 1.82) is 5.26 Å². The van der Waals surface area contributed by atoms with E-state index in [1.165, 1.54) is 6.92 Å². The zero-order valence-electron chi connectivity index (χ0n) is 13.1. The number of H-pyrrole nitrogens is 1. The van der Waals surface area contributed by atoms with E-state index >= 15 is 0 Å². The molecule has 0 radical (unpaired) electrons. The first kappa shape index (κ1) is 15.9. The SMILES string of the molecule is CC(=O)NOc1ccccc1Oc1ccc(-c2nn[nH]n2)c(C#N)c1. The fourth-order valence-corrected chi connectivity index (χ4v) is 2.02. The Morgan fingerprint density at radius 1 is 1.24 bits per heavy atom. The van der Waals surface area contributed by atoms with Crippen LogP contribution in [-0.4, -0.2) is 26.5 Å². The van der Waals surface area contributed by atoms with Gasteiger partial charge in [0.1, 0.15) is 11.8 Å². The van der Waals surface area contributed by atoms with Crippen molar-refractivity contribution < 1.29 is 14.4 Å². The predicted octanol–water partition coefficient (Wildman–Crippen LogP) is 1.96. The molecule has 0 saturated heterocycles. The summed E-state index contributed by atoms with van der Waals surface area (Å²) in [5.74, 6) is 1.11. The van der Waals surface area contributed by atoms with E-state index in [0.717, 1.165) is 0 Å². The summed E-state index contributed by atoms with van der Waals surface area (Å²) in [5.41, 5.74) is 3.11.